The summed E-state index contributed by atoms with van der Waals surface area (Å²) in [5.74, 6) is 1.17. The first-order valence-electron chi connectivity index (χ1n) is 8.98. The van der Waals surface area contributed by atoms with Gasteiger partial charge in [0.05, 0.1) is 18.8 Å². The summed E-state index contributed by atoms with van der Waals surface area (Å²) in [5, 5.41) is 0. The standard InChI is InChI=1S/C21H26N2O3/c1-15-4-7-17(13-22-15)21(24)23-11-10-20(26-3)18(14-23)12-16-5-8-19(25-2)9-6-16/h4-9,13,18,20H,10-12,14H2,1-3H3/t18-,20+/m1/s1. The van der Waals surface area contributed by atoms with Gasteiger partial charge >= 0.3 is 0 Å². The Morgan fingerprint density at radius 1 is 1.19 bits per heavy atom. The molecule has 1 aromatic carbocycles. The third kappa shape index (κ3) is 4.22. The van der Waals surface area contributed by atoms with Crippen molar-refractivity contribution in [2.24, 2.45) is 5.92 Å². The van der Waals surface area contributed by atoms with Crippen molar-refractivity contribution in [2.75, 3.05) is 27.3 Å². The summed E-state index contributed by atoms with van der Waals surface area (Å²) < 4.78 is 10.9. The van der Waals surface area contributed by atoms with E-state index in [1.165, 1.54) is 5.56 Å². The van der Waals surface area contributed by atoms with Gasteiger partial charge in [-0.25, -0.2) is 0 Å². The highest BCUT2D eigenvalue weighted by Gasteiger charge is 2.32. The molecule has 0 unspecified atom stereocenters. The number of aryl methyl sites for hydroxylation is 1. The molecule has 138 valence electrons. The number of ether oxygens (including phenoxy) is 2. The minimum absolute atomic E-state index is 0.0479. The predicted octanol–water partition coefficient (Wildman–Crippen LogP) is 3.12. The molecule has 2 aromatic rings. The molecular weight excluding hydrogens is 328 g/mol. The Kier molecular flexibility index (Phi) is 5.89. The van der Waals surface area contributed by atoms with E-state index in [0.29, 0.717) is 18.7 Å². The Bertz CT molecular complexity index is 728. The minimum atomic E-state index is 0.0479. The van der Waals surface area contributed by atoms with Crippen LogP contribution in [0, 0.1) is 12.8 Å². The number of pyridine rings is 1. The molecule has 3 rings (SSSR count). The van der Waals surface area contributed by atoms with E-state index < -0.39 is 0 Å². The molecule has 0 saturated carbocycles. The van der Waals surface area contributed by atoms with Crippen LogP contribution in [0.3, 0.4) is 0 Å². The van der Waals surface area contributed by atoms with Crippen LogP contribution < -0.4 is 4.74 Å². The van der Waals surface area contributed by atoms with Gasteiger partial charge in [0.25, 0.3) is 5.91 Å². The third-order valence-electron chi connectivity index (χ3n) is 5.07. The lowest BCUT2D eigenvalue weighted by molar-refractivity contribution is -0.00300. The second kappa shape index (κ2) is 8.32. The highest BCUT2D eigenvalue weighted by Crippen LogP contribution is 2.25. The fourth-order valence-corrected chi connectivity index (χ4v) is 3.54. The number of benzene rings is 1. The van der Waals surface area contributed by atoms with Gasteiger partial charge in [-0.2, -0.15) is 0 Å². The maximum absolute atomic E-state index is 12.8. The molecule has 0 radical (unpaired) electrons. The van der Waals surface area contributed by atoms with Crippen LogP contribution in [0.2, 0.25) is 0 Å². The van der Waals surface area contributed by atoms with Gasteiger partial charge < -0.3 is 14.4 Å². The summed E-state index contributed by atoms with van der Waals surface area (Å²) in [5.41, 5.74) is 2.79. The van der Waals surface area contributed by atoms with Gasteiger partial charge in [-0.15, -0.1) is 0 Å². The van der Waals surface area contributed by atoms with E-state index in [9.17, 15) is 4.79 Å². The van der Waals surface area contributed by atoms with Crippen molar-refractivity contribution in [3.63, 3.8) is 0 Å². The molecule has 1 aliphatic rings. The molecule has 26 heavy (non-hydrogen) atoms. The monoisotopic (exact) mass is 354 g/mol. The van der Waals surface area contributed by atoms with E-state index in [0.717, 1.165) is 24.3 Å². The first-order valence-corrected chi connectivity index (χ1v) is 8.98. The minimum Gasteiger partial charge on any atom is -0.497 e. The predicted molar refractivity (Wildman–Crippen MR) is 100 cm³/mol. The van der Waals surface area contributed by atoms with Crippen LogP contribution in [0.4, 0.5) is 0 Å². The molecule has 1 aliphatic heterocycles. The van der Waals surface area contributed by atoms with Gasteiger partial charge in [0.15, 0.2) is 0 Å². The van der Waals surface area contributed by atoms with E-state index in [2.05, 4.69) is 17.1 Å². The van der Waals surface area contributed by atoms with Crippen molar-refractivity contribution < 1.29 is 14.3 Å². The van der Waals surface area contributed by atoms with Crippen LogP contribution in [-0.4, -0.2) is 49.2 Å². The molecular formula is C21H26N2O3. The molecule has 1 saturated heterocycles. The molecule has 0 spiro atoms. The number of likely N-dealkylation sites (tertiary alicyclic amines) is 1. The molecule has 2 heterocycles. The fourth-order valence-electron chi connectivity index (χ4n) is 3.54. The number of rotatable bonds is 5. The lowest BCUT2D eigenvalue weighted by Crippen LogP contribution is -2.47. The maximum atomic E-state index is 12.8. The number of carbonyl (C=O) groups is 1. The summed E-state index contributed by atoms with van der Waals surface area (Å²) in [6.45, 7) is 3.32. The summed E-state index contributed by atoms with van der Waals surface area (Å²) >= 11 is 0. The molecule has 1 amide bonds. The van der Waals surface area contributed by atoms with Crippen LogP contribution in [0.25, 0.3) is 0 Å². The summed E-state index contributed by atoms with van der Waals surface area (Å²) in [6.07, 6.45) is 3.55. The fraction of sp³-hybridized carbons (Fsp3) is 0.429. The molecule has 1 aromatic heterocycles. The summed E-state index contributed by atoms with van der Waals surface area (Å²) in [4.78, 5) is 19.0. The largest absolute Gasteiger partial charge is 0.497 e. The second-order valence-corrected chi connectivity index (χ2v) is 6.81. The number of methoxy groups -OCH3 is 2. The zero-order chi connectivity index (χ0) is 18.5. The molecule has 5 heteroatoms. The second-order valence-electron chi connectivity index (χ2n) is 6.81. The van der Waals surface area contributed by atoms with Crippen molar-refractivity contribution in [1.29, 1.82) is 0 Å². The Balaban J connectivity index is 1.70. The highest BCUT2D eigenvalue weighted by molar-refractivity contribution is 5.94. The number of piperidine rings is 1. The third-order valence-corrected chi connectivity index (χ3v) is 5.07. The van der Waals surface area contributed by atoms with Gasteiger partial charge in [-0.05, 0) is 49.6 Å². The van der Waals surface area contributed by atoms with Gasteiger partial charge in [0, 0.05) is 38.0 Å². The molecule has 0 aliphatic carbocycles. The van der Waals surface area contributed by atoms with E-state index >= 15 is 0 Å². The van der Waals surface area contributed by atoms with Crippen molar-refractivity contribution in [2.45, 2.75) is 25.9 Å². The van der Waals surface area contributed by atoms with Crippen molar-refractivity contribution in [1.82, 2.24) is 9.88 Å². The van der Waals surface area contributed by atoms with E-state index in [-0.39, 0.29) is 17.9 Å². The van der Waals surface area contributed by atoms with Crippen LogP contribution >= 0.6 is 0 Å². The first-order chi connectivity index (χ1) is 12.6. The van der Waals surface area contributed by atoms with Crippen LogP contribution in [-0.2, 0) is 11.2 Å². The van der Waals surface area contributed by atoms with Crippen LogP contribution in [0.15, 0.2) is 42.6 Å². The molecule has 5 nitrogen and oxygen atoms in total. The Morgan fingerprint density at radius 3 is 2.58 bits per heavy atom. The average Bonchev–Trinajstić information content (AvgIpc) is 2.68. The quantitative estimate of drug-likeness (QED) is 0.828. The molecule has 0 N–H and O–H groups in total. The Labute approximate surface area is 155 Å². The number of amides is 1. The van der Waals surface area contributed by atoms with Crippen molar-refractivity contribution >= 4 is 5.91 Å². The van der Waals surface area contributed by atoms with Crippen LogP contribution in [0.1, 0.15) is 28.0 Å². The van der Waals surface area contributed by atoms with Gasteiger partial charge in [0.2, 0.25) is 0 Å². The molecule has 2 atom stereocenters. The van der Waals surface area contributed by atoms with Crippen molar-refractivity contribution in [3.8, 4) is 5.75 Å². The van der Waals surface area contributed by atoms with Gasteiger partial charge in [-0.1, -0.05) is 12.1 Å². The zero-order valence-corrected chi connectivity index (χ0v) is 15.6. The van der Waals surface area contributed by atoms with E-state index in [4.69, 9.17) is 9.47 Å². The average molecular weight is 354 g/mol. The Morgan fingerprint density at radius 2 is 1.96 bits per heavy atom. The van der Waals surface area contributed by atoms with E-state index in [1.807, 2.05) is 36.1 Å². The maximum Gasteiger partial charge on any atom is 0.255 e. The normalized spacial score (nSPS) is 20.0. The zero-order valence-electron chi connectivity index (χ0n) is 15.6. The highest BCUT2D eigenvalue weighted by atomic mass is 16.5. The van der Waals surface area contributed by atoms with Gasteiger partial charge in [-0.3, -0.25) is 9.78 Å². The van der Waals surface area contributed by atoms with Crippen LogP contribution in [0.5, 0.6) is 5.75 Å². The summed E-state index contributed by atoms with van der Waals surface area (Å²) in [6, 6.07) is 11.8. The number of hydrogen-bond acceptors (Lipinski definition) is 4. The summed E-state index contributed by atoms with van der Waals surface area (Å²) in [7, 11) is 3.42. The SMILES string of the molecule is COc1ccc(C[C@@H]2CN(C(=O)c3ccc(C)nc3)CC[C@@H]2OC)cc1. The number of nitrogens with zero attached hydrogens (tertiary/aromatic N) is 2. The lowest BCUT2D eigenvalue weighted by Gasteiger charge is -2.38. The Hall–Kier alpha value is -2.40. The molecule has 0 bridgehead atoms. The number of aromatic nitrogens is 1. The number of carbonyl (C=O) groups excluding carboxylic acids is 1. The smallest absolute Gasteiger partial charge is 0.255 e. The topological polar surface area (TPSA) is 51.7 Å². The first kappa shape index (κ1) is 18.4. The lowest BCUT2D eigenvalue weighted by atomic mass is 9.88. The number of hydrogen-bond donors (Lipinski definition) is 0. The van der Waals surface area contributed by atoms with Gasteiger partial charge in [0.1, 0.15) is 5.75 Å². The molecule has 1 fully saturated rings. The van der Waals surface area contributed by atoms with E-state index in [1.54, 1.807) is 20.4 Å². The van der Waals surface area contributed by atoms with Crippen molar-refractivity contribution in [3.05, 3.63) is 59.4 Å².